The SMILES string of the molecule is Cc1ccc(C(=O)NNC(=O)COc2ccc(Br)cc2)c(=O)[nH]1. The second-order valence-electron chi connectivity index (χ2n) is 4.63. The van der Waals surface area contributed by atoms with Crippen molar-refractivity contribution in [2.45, 2.75) is 6.92 Å². The first-order chi connectivity index (χ1) is 11.0. The van der Waals surface area contributed by atoms with Crippen LogP contribution in [0.1, 0.15) is 16.1 Å². The van der Waals surface area contributed by atoms with E-state index in [1.165, 1.54) is 6.07 Å². The summed E-state index contributed by atoms with van der Waals surface area (Å²) in [6.07, 6.45) is 0. The Morgan fingerprint density at radius 3 is 2.48 bits per heavy atom. The van der Waals surface area contributed by atoms with Crippen LogP contribution in [0.25, 0.3) is 0 Å². The number of carbonyl (C=O) groups is 2. The molecule has 2 rings (SSSR count). The number of hydrazine groups is 1. The van der Waals surface area contributed by atoms with Gasteiger partial charge >= 0.3 is 0 Å². The van der Waals surface area contributed by atoms with E-state index in [1.54, 1.807) is 37.3 Å². The molecule has 0 aliphatic carbocycles. The summed E-state index contributed by atoms with van der Waals surface area (Å²) in [5.74, 6) is -0.738. The molecule has 120 valence electrons. The first-order valence-corrected chi connectivity index (χ1v) is 7.42. The van der Waals surface area contributed by atoms with Gasteiger partial charge in [0, 0.05) is 10.2 Å². The Labute approximate surface area is 140 Å². The highest BCUT2D eigenvalue weighted by molar-refractivity contribution is 9.10. The lowest BCUT2D eigenvalue weighted by molar-refractivity contribution is -0.123. The second kappa shape index (κ2) is 7.59. The molecule has 0 aliphatic rings. The molecular weight excluding hydrogens is 366 g/mol. The first kappa shape index (κ1) is 16.8. The number of rotatable bonds is 4. The quantitative estimate of drug-likeness (QED) is 0.696. The highest BCUT2D eigenvalue weighted by Gasteiger charge is 2.11. The van der Waals surface area contributed by atoms with Gasteiger partial charge in [0.05, 0.1) is 0 Å². The molecule has 2 amide bonds. The van der Waals surface area contributed by atoms with Crippen LogP contribution < -0.4 is 21.1 Å². The summed E-state index contributed by atoms with van der Waals surface area (Å²) in [6, 6.07) is 9.92. The molecule has 0 atom stereocenters. The van der Waals surface area contributed by atoms with Crippen molar-refractivity contribution in [2.75, 3.05) is 6.61 Å². The van der Waals surface area contributed by atoms with E-state index in [2.05, 4.69) is 31.8 Å². The number of ether oxygens (including phenoxy) is 1. The molecule has 8 heteroatoms. The Kier molecular flexibility index (Phi) is 5.53. The van der Waals surface area contributed by atoms with Gasteiger partial charge in [0.25, 0.3) is 17.4 Å². The number of pyridine rings is 1. The summed E-state index contributed by atoms with van der Waals surface area (Å²) in [5, 5.41) is 0. The summed E-state index contributed by atoms with van der Waals surface area (Å²) < 4.78 is 6.14. The van der Waals surface area contributed by atoms with E-state index in [4.69, 9.17) is 4.74 Å². The Balaban J connectivity index is 1.83. The van der Waals surface area contributed by atoms with Crippen molar-refractivity contribution in [3.05, 3.63) is 62.5 Å². The maximum atomic E-state index is 11.8. The molecule has 0 saturated carbocycles. The summed E-state index contributed by atoms with van der Waals surface area (Å²) in [6.45, 7) is 1.43. The van der Waals surface area contributed by atoms with Crippen molar-refractivity contribution in [3.8, 4) is 5.75 Å². The summed E-state index contributed by atoms with van der Waals surface area (Å²) >= 11 is 3.29. The van der Waals surface area contributed by atoms with Crippen molar-refractivity contribution in [1.29, 1.82) is 0 Å². The van der Waals surface area contributed by atoms with Crippen LogP contribution in [-0.4, -0.2) is 23.4 Å². The number of H-pyrrole nitrogens is 1. The number of carbonyl (C=O) groups excluding carboxylic acids is 2. The van der Waals surface area contributed by atoms with E-state index in [9.17, 15) is 14.4 Å². The van der Waals surface area contributed by atoms with E-state index in [1.807, 2.05) is 0 Å². The van der Waals surface area contributed by atoms with Gasteiger partial charge in [-0.15, -0.1) is 0 Å². The van der Waals surface area contributed by atoms with Crippen molar-refractivity contribution in [2.24, 2.45) is 0 Å². The van der Waals surface area contributed by atoms with E-state index in [0.29, 0.717) is 11.4 Å². The van der Waals surface area contributed by atoms with Gasteiger partial charge in [0.2, 0.25) is 0 Å². The van der Waals surface area contributed by atoms with Gasteiger partial charge in [-0.25, -0.2) is 0 Å². The normalized spacial score (nSPS) is 10.0. The van der Waals surface area contributed by atoms with E-state index in [-0.39, 0.29) is 12.2 Å². The average Bonchev–Trinajstić information content (AvgIpc) is 2.52. The fourth-order valence-electron chi connectivity index (χ4n) is 1.66. The number of aryl methyl sites for hydroxylation is 1. The summed E-state index contributed by atoms with van der Waals surface area (Å²) in [5.41, 5.74) is 4.36. The molecular formula is C15H14BrN3O4. The molecule has 0 fully saturated rings. The molecule has 2 aromatic rings. The van der Waals surface area contributed by atoms with Crippen LogP contribution in [0.5, 0.6) is 5.75 Å². The molecule has 3 N–H and O–H groups in total. The minimum Gasteiger partial charge on any atom is -0.484 e. The van der Waals surface area contributed by atoms with Gasteiger partial charge in [-0.05, 0) is 43.3 Å². The number of hydrogen-bond acceptors (Lipinski definition) is 4. The zero-order chi connectivity index (χ0) is 16.8. The summed E-state index contributed by atoms with van der Waals surface area (Å²) in [4.78, 5) is 37.5. The lowest BCUT2D eigenvalue weighted by Gasteiger charge is -2.08. The molecule has 0 saturated heterocycles. The zero-order valence-electron chi connectivity index (χ0n) is 12.2. The molecule has 23 heavy (non-hydrogen) atoms. The maximum Gasteiger partial charge on any atom is 0.276 e. The van der Waals surface area contributed by atoms with Gasteiger partial charge in [0.15, 0.2) is 6.61 Å². The lowest BCUT2D eigenvalue weighted by Crippen LogP contribution is -2.45. The second-order valence-corrected chi connectivity index (χ2v) is 5.54. The third-order valence-electron chi connectivity index (χ3n) is 2.80. The molecule has 7 nitrogen and oxygen atoms in total. The fraction of sp³-hybridized carbons (Fsp3) is 0.133. The van der Waals surface area contributed by atoms with Gasteiger partial charge in [-0.3, -0.25) is 25.2 Å². The van der Waals surface area contributed by atoms with Crippen LogP contribution in [0.3, 0.4) is 0 Å². The van der Waals surface area contributed by atoms with Crippen LogP contribution in [0.4, 0.5) is 0 Å². The molecule has 0 bridgehead atoms. The molecule has 0 unspecified atom stereocenters. The number of hydrogen-bond donors (Lipinski definition) is 3. The zero-order valence-corrected chi connectivity index (χ0v) is 13.8. The highest BCUT2D eigenvalue weighted by atomic mass is 79.9. The number of benzene rings is 1. The molecule has 0 aliphatic heterocycles. The topological polar surface area (TPSA) is 100 Å². The predicted molar refractivity (Wildman–Crippen MR) is 87.0 cm³/mol. The highest BCUT2D eigenvalue weighted by Crippen LogP contribution is 2.15. The van der Waals surface area contributed by atoms with Gasteiger partial charge in [-0.2, -0.15) is 0 Å². The van der Waals surface area contributed by atoms with Crippen LogP contribution in [0.15, 0.2) is 45.7 Å². The lowest BCUT2D eigenvalue weighted by atomic mass is 10.2. The Morgan fingerprint density at radius 1 is 1.13 bits per heavy atom. The van der Waals surface area contributed by atoms with Gasteiger partial charge in [-0.1, -0.05) is 15.9 Å². The minimum atomic E-state index is -0.705. The number of nitrogens with one attached hydrogen (secondary N) is 3. The van der Waals surface area contributed by atoms with Crippen LogP contribution in [0.2, 0.25) is 0 Å². The van der Waals surface area contributed by atoms with Crippen molar-refractivity contribution in [3.63, 3.8) is 0 Å². The third kappa shape index (κ3) is 4.96. The number of aromatic nitrogens is 1. The average molecular weight is 380 g/mol. The number of halogens is 1. The van der Waals surface area contributed by atoms with E-state index in [0.717, 1.165) is 4.47 Å². The molecule has 0 radical (unpaired) electrons. The van der Waals surface area contributed by atoms with Crippen LogP contribution >= 0.6 is 15.9 Å². The standard InChI is InChI=1S/C15H14BrN3O4/c1-9-2-7-12(14(21)17-9)15(22)19-18-13(20)8-23-11-5-3-10(16)4-6-11/h2-7H,8H2,1H3,(H,17,21)(H,18,20)(H,19,22). The largest absolute Gasteiger partial charge is 0.484 e. The van der Waals surface area contributed by atoms with Crippen molar-refractivity contribution >= 4 is 27.7 Å². The Morgan fingerprint density at radius 2 is 1.83 bits per heavy atom. The van der Waals surface area contributed by atoms with Crippen LogP contribution in [-0.2, 0) is 4.79 Å². The van der Waals surface area contributed by atoms with Crippen LogP contribution in [0, 0.1) is 6.92 Å². The first-order valence-electron chi connectivity index (χ1n) is 6.63. The molecule has 1 heterocycles. The van der Waals surface area contributed by atoms with E-state index < -0.39 is 17.4 Å². The van der Waals surface area contributed by atoms with Gasteiger partial charge < -0.3 is 9.72 Å². The molecule has 1 aromatic carbocycles. The smallest absolute Gasteiger partial charge is 0.276 e. The molecule has 0 spiro atoms. The Hall–Kier alpha value is -2.61. The number of aromatic amines is 1. The fourth-order valence-corrected chi connectivity index (χ4v) is 1.92. The monoisotopic (exact) mass is 379 g/mol. The van der Waals surface area contributed by atoms with Crippen molar-refractivity contribution < 1.29 is 14.3 Å². The Bertz CT molecular complexity index is 771. The number of amides is 2. The van der Waals surface area contributed by atoms with Crippen molar-refractivity contribution in [1.82, 2.24) is 15.8 Å². The maximum absolute atomic E-state index is 11.8. The van der Waals surface area contributed by atoms with E-state index >= 15 is 0 Å². The van der Waals surface area contributed by atoms with Gasteiger partial charge in [0.1, 0.15) is 11.3 Å². The summed E-state index contributed by atoms with van der Waals surface area (Å²) in [7, 11) is 0. The molecule has 1 aromatic heterocycles. The minimum absolute atomic E-state index is 0.0928. The predicted octanol–water partition coefficient (Wildman–Crippen LogP) is 1.29. The third-order valence-corrected chi connectivity index (χ3v) is 3.33.